The number of methoxy groups -OCH3 is 2. The van der Waals surface area contributed by atoms with Crippen LogP contribution in [0.25, 0.3) is 0 Å². The van der Waals surface area contributed by atoms with Gasteiger partial charge in [0, 0.05) is 17.5 Å². The maximum atomic E-state index is 10.7. The van der Waals surface area contributed by atoms with Crippen molar-refractivity contribution < 1.29 is 19.4 Å². The van der Waals surface area contributed by atoms with E-state index in [1.807, 2.05) is 0 Å². The van der Waals surface area contributed by atoms with E-state index in [0.29, 0.717) is 17.1 Å². The first-order chi connectivity index (χ1) is 8.42. The molecule has 5 nitrogen and oxygen atoms in total. The molecule has 3 N–H and O–H groups in total. The molecule has 0 spiro atoms. The fraction of sp³-hybridized carbons (Fsp3) is 0.364. The average molecular weight is 294 g/mol. The van der Waals surface area contributed by atoms with Gasteiger partial charge in [0.2, 0.25) is 0 Å². The van der Waals surface area contributed by atoms with Gasteiger partial charge >= 0.3 is 5.97 Å². The first-order valence-electron chi connectivity index (χ1n) is 4.99. The van der Waals surface area contributed by atoms with Gasteiger partial charge in [-0.05, 0) is 5.56 Å². The monoisotopic (exact) mass is 293 g/mol. The number of hydrogen-bond donors (Lipinski definition) is 2. The van der Waals surface area contributed by atoms with Gasteiger partial charge in [-0.3, -0.25) is 4.79 Å². The molecule has 100 valence electrons. The summed E-state index contributed by atoms with van der Waals surface area (Å²) in [7, 11) is 2.88. The molecule has 0 unspecified atom stereocenters. The Morgan fingerprint density at radius 1 is 1.44 bits per heavy atom. The summed E-state index contributed by atoms with van der Waals surface area (Å²) in [6.45, 7) is 0. The predicted molar refractivity (Wildman–Crippen MR) is 68.9 cm³/mol. The highest BCUT2D eigenvalue weighted by atomic mass is 35.5. The number of halogens is 2. The number of carboxylic acid groups (broad SMARTS) is 1. The fourth-order valence-corrected chi connectivity index (χ4v) is 2.12. The molecule has 0 aliphatic rings. The van der Waals surface area contributed by atoms with Gasteiger partial charge in [-0.25, -0.2) is 0 Å². The first kappa shape index (κ1) is 14.9. The van der Waals surface area contributed by atoms with Gasteiger partial charge in [0.15, 0.2) is 11.5 Å². The highest BCUT2D eigenvalue weighted by Crippen LogP contribution is 2.41. The molecule has 0 radical (unpaired) electrons. The molecule has 1 rings (SSSR count). The largest absolute Gasteiger partial charge is 0.493 e. The van der Waals surface area contributed by atoms with E-state index in [0.717, 1.165) is 0 Å². The van der Waals surface area contributed by atoms with Crippen LogP contribution in [0.5, 0.6) is 11.5 Å². The van der Waals surface area contributed by atoms with Crippen LogP contribution < -0.4 is 15.2 Å². The van der Waals surface area contributed by atoms with E-state index in [1.54, 1.807) is 0 Å². The number of carbonyl (C=O) groups is 1. The zero-order chi connectivity index (χ0) is 13.9. The number of nitrogens with two attached hydrogens (primary N) is 1. The number of rotatable bonds is 5. The number of ether oxygens (including phenoxy) is 2. The number of hydrogen-bond acceptors (Lipinski definition) is 4. The molecule has 0 aliphatic heterocycles. The number of aliphatic carboxylic acids is 1. The summed E-state index contributed by atoms with van der Waals surface area (Å²) in [6.07, 6.45) is 0.00730. The molecule has 18 heavy (non-hydrogen) atoms. The van der Waals surface area contributed by atoms with Gasteiger partial charge < -0.3 is 20.3 Å². The smallest absolute Gasteiger partial charge is 0.320 e. The second kappa shape index (κ2) is 6.13. The Bertz CT molecular complexity index is 465. The van der Waals surface area contributed by atoms with Crippen molar-refractivity contribution in [3.8, 4) is 11.5 Å². The van der Waals surface area contributed by atoms with Crippen LogP contribution in [0.1, 0.15) is 5.56 Å². The zero-order valence-corrected chi connectivity index (χ0v) is 11.4. The first-order valence-corrected chi connectivity index (χ1v) is 5.75. The van der Waals surface area contributed by atoms with Gasteiger partial charge in [-0.1, -0.05) is 23.2 Å². The summed E-state index contributed by atoms with van der Waals surface area (Å²) in [5, 5.41) is 9.28. The highest BCUT2D eigenvalue weighted by Gasteiger charge is 2.21. The molecular formula is C11H13Cl2NO4. The minimum atomic E-state index is -1.13. The Morgan fingerprint density at radius 3 is 2.50 bits per heavy atom. The van der Waals surface area contributed by atoms with Crippen LogP contribution in [0, 0.1) is 0 Å². The second-order valence-electron chi connectivity index (χ2n) is 3.54. The molecule has 7 heteroatoms. The van der Waals surface area contributed by atoms with Gasteiger partial charge in [0.25, 0.3) is 0 Å². The van der Waals surface area contributed by atoms with E-state index < -0.39 is 12.0 Å². The molecule has 1 atom stereocenters. The molecule has 1 aromatic carbocycles. The highest BCUT2D eigenvalue weighted by molar-refractivity contribution is 6.37. The standard InChI is InChI=1S/C11H13Cl2NO4/c1-17-8-4-6(12)5(3-7(14)11(15)16)9(13)10(8)18-2/h4,7H,3,14H2,1-2H3,(H,15,16)/t7-/m1/s1. The maximum Gasteiger partial charge on any atom is 0.320 e. The SMILES string of the molecule is COc1cc(Cl)c(C[C@@H](N)C(=O)O)c(Cl)c1OC. The number of benzene rings is 1. The third-order valence-electron chi connectivity index (χ3n) is 2.40. The maximum absolute atomic E-state index is 10.7. The van der Waals surface area contributed by atoms with Crippen LogP contribution in [-0.4, -0.2) is 31.3 Å². The van der Waals surface area contributed by atoms with Crippen LogP contribution >= 0.6 is 23.2 Å². The molecule has 0 amide bonds. The Kier molecular flexibility index (Phi) is 5.07. The van der Waals surface area contributed by atoms with Gasteiger partial charge in [-0.15, -0.1) is 0 Å². The van der Waals surface area contributed by atoms with Crippen molar-refractivity contribution in [1.82, 2.24) is 0 Å². The normalized spacial score (nSPS) is 12.1. The van der Waals surface area contributed by atoms with Crippen molar-refractivity contribution in [3.05, 3.63) is 21.7 Å². The molecule has 1 aromatic rings. The van der Waals surface area contributed by atoms with Crippen molar-refractivity contribution in [2.45, 2.75) is 12.5 Å². The molecule has 0 fully saturated rings. The van der Waals surface area contributed by atoms with Crippen LogP contribution in [0.3, 0.4) is 0 Å². The van der Waals surface area contributed by atoms with E-state index in [2.05, 4.69) is 0 Å². The molecule has 0 aliphatic carbocycles. The number of carboxylic acids is 1. The van der Waals surface area contributed by atoms with E-state index in [1.165, 1.54) is 20.3 Å². The molecule has 0 saturated heterocycles. The van der Waals surface area contributed by atoms with E-state index >= 15 is 0 Å². The lowest BCUT2D eigenvalue weighted by atomic mass is 10.1. The summed E-state index contributed by atoms with van der Waals surface area (Å²) in [5.41, 5.74) is 5.88. The van der Waals surface area contributed by atoms with Crippen LogP contribution in [0.4, 0.5) is 0 Å². The summed E-state index contributed by atoms with van der Waals surface area (Å²) >= 11 is 12.1. The lowest BCUT2D eigenvalue weighted by Gasteiger charge is -2.16. The predicted octanol–water partition coefficient (Wildman–Crippen LogP) is 1.97. The van der Waals surface area contributed by atoms with Crippen molar-refractivity contribution in [2.24, 2.45) is 5.73 Å². The van der Waals surface area contributed by atoms with Crippen LogP contribution in [0.15, 0.2) is 6.07 Å². The third-order valence-corrected chi connectivity index (χ3v) is 3.14. The minimum Gasteiger partial charge on any atom is -0.493 e. The quantitative estimate of drug-likeness (QED) is 0.867. The zero-order valence-electron chi connectivity index (χ0n) is 9.87. The van der Waals surface area contributed by atoms with Crippen LogP contribution in [0.2, 0.25) is 10.0 Å². The van der Waals surface area contributed by atoms with Gasteiger partial charge in [-0.2, -0.15) is 0 Å². The second-order valence-corrected chi connectivity index (χ2v) is 4.32. The summed E-state index contributed by atoms with van der Waals surface area (Å²) in [6, 6.07) is 0.425. The van der Waals surface area contributed by atoms with E-state index in [4.69, 9.17) is 43.5 Å². The van der Waals surface area contributed by atoms with Crippen molar-refractivity contribution >= 4 is 29.2 Å². The lowest BCUT2D eigenvalue weighted by Crippen LogP contribution is -2.32. The van der Waals surface area contributed by atoms with Crippen molar-refractivity contribution in [2.75, 3.05) is 14.2 Å². The average Bonchev–Trinajstić information content (AvgIpc) is 2.33. The summed E-state index contributed by atoms with van der Waals surface area (Å²) < 4.78 is 10.2. The van der Waals surface area contributed by atoms with Crippen molar-refractivity contribution in [3.63, 3.8) is 0 Å². The van der Waals surface area contributed by atoms with Gasteiger partial charge in [0.1, 0.15) is 6.04 Å². The summed E-state index contributed by atoms with van der Waals surface area (Å²) in [5.74, 6) is -0.451. The summed E-state index contributed by atoms with van der Waals surface area (Å²) in [4.78, 5) is 10.7. The molecule has 0 aromatic heterocycles. The Labute approximate surface area is 114 Å². The Morgan fingerprint density at radius 2 is 2.06 bits per heavy atom. The lowest BCUT2D eigenvalue weighted by molar-refractivity contribution is -0.138. The Hall–Kier alpha value is -1.17. The van der Waals surface area contributed by atoms with E-state index in [-0.39, 0.29) is 16.5 Å². The Balaban J connectivity index is 3.24. The molecule has 0 saturated carbocycles. The van der Waals surface area contributed by atoms with Crippen molar-refractivity contribution in [1.29, 1.82) is 0 Å². The molecule has 0 heterocycles. The molecular weight excluding hydrogens is 281 g/mol. The minimum absolute atomic E-state index is 0.00730. The van der Waals surface area contributed by atoms with E-state index in [9.17, 15) is 4.79 Å². The fourth-order valence-electron chi connectivity index (χ4n) is 1.45. The molecule has 0 bridgehead atoms. The third kappa shape index (κ3) is 2.98. The van der Waals surface area contributed by atoms with Crippen LogP contribution in [-0.2, 0) is 11.2 Å². The topological polar surface area (TPSA) is 81.8 Å². The van der Waals surface area contributed by atoms with Gasteiger partial charge in [0.05, 0.1) is 19.2 Å².